The van der Waals surface area contributed by atoms with Crippen LogP contribution >= 0.6 is 0 Å². The third-order valence-corrected chi connectivity index (χ3v) is 3.56. The molecular weight excluding hydrogens is 388 g/mol. The van der Waals surface area contributed by atoms with Crippen molar-refractivity contribution in [1.82, 2.24) is 10.6 Å². The summed E-state index contributed by atoms with van der Waals surface area (Å²) < 4.78 is 9.70. The van der Waals surface area contributed by atoms with E-state index < -0.39 is 22.0 Å². The van der Waals surface area contributed by atoms with Gasteiger partial charge in [0, 0.05) is 12.1 Å². The molecule has 0 bridgehead atoms. The van der Waals surface area contributed by atoms with Crippen molar-refractivity contribution in [3.8, 4) is 0 Å². The predicted molar refractivity (Wildman–Crippen MR) is 97.7 cm³/mol. The van der Waals surface area contributed by atoms with Crippen LogP contribution in [0.5, 0.6) is 0 Å². The predicted octanol–water partition coefficient (Wildman–Crippen LogP) is 2.61. The minimum absolute atomic E-state index is 0.183. The number of benzene rings is 2. The number of hydrogen-bond acceptors (Lipinski definition) is 8. The Hall–Kier alpha value is -4.22. The van der Waals surface area contributed by atoms with E-state index in [0.717, 1.165) is 0 Å². The van der Waals surface area contributed by atoms with Crippen LogP contribution in [0.2, 0.25) is 0 Å². The van der Waals surface area contributed by atoms with Crippen LogP contribution < -0.4 is 10.6 Å². The second-order valence-corrected chi connectivity index (χ2v) is 5.45. The third-order valence-electron chi connectivity index (χ3n) is 3.56. The number of alkyl carbamates (subject to hydrolysis) is 2. The molecule has 0 aliphatic heterocycles. The largest absolute Gasteiger partial charge is 0.444 e. The smallest absolute Gasteiger partial charge is 0.408 e. The number of hydrogen-bond donors (Lipinski definition) is 2. The maximum Gasteiger partial charge on any atom is 0.408 e. The summed E-state index contributed by atoms with van der Waals surface area (Å²) in [5, 5.41) is 26.2. The quantitative estimate of drug-likeness (QED) is 0.385. The van der Waals surface area contributed by atoms with E-state index in [0.29, 0.717) is 0 Å². The van der Waals surface area contributed by atoms with E-state index in [4.69, 9.17) is 9.47 Å². The Bertz CT molecular complexity index is 844. The highest BCUT2D eigenvalue weighted by Crippen LogP contribution is 2.19. The Morgan fingerprint density at radius 2 is 1.14 bits per heavy atom. The van der Waals surface area contributed by atoms with Crippen LogP contribution in [-0.2, 0) is 22.7 Å². The van der Waals surface area contributed by atoms with Gasteiger partial charge in [-0.15, -0.1) is 0 Å². The molecule has 0 fully saturated rings. The number of carbonyl (C=O) groups is 2. The van der Waals surface area contributed by atoms with Crippen LogP contribution in [0.1, 0.15) is 11.1 Å². The monoisotopic (exact) mass is 404 g/mol. The van der Waals surface area contributed by atoms with Gasteiger partial charge < -0.3 is 20.1 Å². The highest BCUT2D eigenvalue weighted by Gasteiger charge is 2.15. The molecule has 0 saturated heterocycles. The van der Waals surface area contributed by atoms with Crippen molar-refractivity contribution < 1.29 is 28.9 Å². The molecule has 2 N–H and O–H groups in total. The number of carbonyl (C=O) groups excluding carboxylic acids is 2. The normalized spacial score (nSPS) is 9.93. The summed E-state index contributed by atoms with van der Waals surface area (Å²) >= 11 is 0. The standard InChI is InChI=1S/C17H16N4O8/c22-16(28-9-12-5-1-3-7-14(12)20(24)25)18-11-19-17(23)29-10-13-6-2-4-8-15(13)21(26)27/h1-8H,9-11H2,(H,18,22)(H,19,23). The van der Waals surface area contributed by atoms with E-state index >= 15 is 0 Å². The van der Waals surface area contributed by atoms with Gasteiger partial charge in [0.1, 0.15) is 13.2 Å². The van der Waals surface area contributed by atoms with Gasteiger partial charge in [0.2, 0.25) is 0 Å². The van der Waals surface area contributed by atoms with E-state index in [-0.39, 0.29) is 42.4 Å². The average molecular weight is 404 g/mol. The molecule has 0 spiro atoms. The number of ether oxygens (including phenoxy) is 2. The van der Waals surface area contributed by atoms with Crippen LogP contribution in [0.15, 0.2) is 48.5 Å². The molecule has 0 saturated carbocycles. The summed E-state index contributed by atoms with van der Waals surface area (Å²) in [5.74, 6) is 0. The second-order valence-electron chi connectivity index (χ2n) is 5.45. The molecule has 2 aromatic rings. The molecule has 0 atom stereocenters. The lowest BCUT2D eigenvalue weighted by atomic mass is 10.2. The second kappa shape index (κ2) is 10.2. The molecule has 0 unspecified atom stereocenters. The minimum atomic E-state index is -0.915. The zero-order valence-electron chi connectivity index (χ0n) is 14.9. The van der Waals surface area contributed by atoms with E-state index in [1.54, 1.807) is 12.1 Å². The maximum atomic E-state index is 11.6. The van der Waals surface area contributed by atoms with E-state index in [1.165, 1.54) is 36.4 Å². The molecule has 12 heteroatoms. The van der Waals surface area contributed by atoms with Crippen LogP contribution in [0.4, 0.5) is 21.0 Å². The van der Waals surface area contributed by atoms with E-state index in [2.05, 4.69) is 10.6 Å². The number of nitro groups is 2. The SMILES string of the molecule is O=C(NCNC(=O)OCc1ccccc1[N+](=O)[O-])OCc1ccccc1[N+](=O)[O-]. The number of rotatable bonds is 8. The highest BCUT2D eigenvalue weighted by atomic mass is 16.6. The van der Waals surface area contributed by atoms with Gasteiger partial charge in [0.15, 0.2) is 0 Å². The fraction of sp³-hybridized carbons (Fsp3) is 0.176. The van der Waals surface area contributed by atoms with Crippen molar-refractivity contribution in [3.05, 3.63) is 79.9 Å². The van der Waals surface area contributed by atoms with Gasteiger partial charge in [0.05, 0.1) is 27.6 Å². The van der Waals surface area contributed by atoms with Crippen molar-refractivity contribution in [2.45, 2.75) is 13.2 Å². The first-order valence-corrected chi connectivity index (χ1v) is 8.14. The zero-order chi connectivity index (χ0) is 21.2. The molecule has 2 rings (SSSR count). The van der Waals surface area contributed by atoms with Gasteiger partial charge in [-0.1, -0.05) is 24.3 Å². The van der Waals surface area contributed by atoms with Crippen molar-refractivity contribution in [2.75, 3.05) is 6.67 Å². The van der Waals surface area contributed by atoms with Gasteiger partial charge >= 0.3 is 12.2 Å². The Kier molecular flexibility index (Phi) is 7.42. The van der Waals surface area contributed by atoms with E-state index in [9.17, 15) is 29.8 Å². The van der Waals surface area contributed by atoms with Gasteiger partial charge in [-0.2, -0.15) is 0 Å². The fourth-order valence-corrected chi connectivity index (χ4v) is 2.20. The van der Waals surface area contributed by atoms with Gasteiger partial charge in [-0.05, 0) is 12.1 Å². The maximum absolute atomic E-state index is 11.6. The molecule has 2 amide bonds. The Balaban J connectivity index is 1.72. The summed E-state index contributed by atoms with van der Waals surface area (Å²) in [4.78, 5) is 43.8. The molecule has 0 radical (unpaired) electrons. The number of nitrogens with one attached hydrogen (secondary N) is 2. The fourth-order valence-electron chi connectivity index (χ4n) is 2.20. The topological polar surface area (TPSA) is 163 Å². The molecule has 29 heavy (non-hydrogen) atoms. The van der Waals surface area contributed by atoms with Crippen LogP contribution in [0.25, 0.3) is 0 Å². The molecule has 0 aliphatic carbocycles. The minimum Gasteiger partial charge on any atom is -0.444 e. The molecule has 0 heterocycles. The van der Waals surface area contributed by atoms with Gasteiger partial charge in [-0.3, -0.25) is 20.2 Å². The van der Waals surface area contributed by atoms with E-state index in [1.807, 2.05) is 0 Å². The summed E-state index contributed by atoms with van der Waals surface area (Å²) in [6.07, 6.45) is -1.83. The molecule has 152 valence electrons. The Morgan fingerprint density at radius 3 is 1.52 bits per heavy atom. The average Bonchev–Trinajstić information content (AvgIpc) is 2.71. The lowest BCUT2D eigenvalue weighted by molar-refractivity contribution is -0.386. The number of para-hydroxylation sites is 2. The number of nitrogens with zero attached hydrogens (tertiary/aromatic N) is 2. The Labute approximate surface area is 163 Å². The summed E-state index contributed by atoms with van der Waals surface area (Å²) in [5.41, 5.74) is 0.0583. The Morgan fingerprint density at radius 1 is 0.759 bits per heavy atom. The third kappa shape index (κ3) is 6.46. The number of amides is 2. The van der Waals surface area contributed by atoms with Crippen molar-refractivity contribution >= 4 is 23.6 Å². The van der Waals surface area contributed by atoms with Crippen molar-refractivity contribution in [3.63, 3.8) is 0 Å². The van der Waals surface area contributed by atoms with Crippen LogP contribution in [0, 0.1) is 20.2 Å². The van der Waals surface area contributed by atoms with Gasteiger partial charge in [0.25, 0.3) is 11.4 Å². The number of nitro benzene ring substituents is 2. The molecular formula is C17H16N4O8. The molecule has 2 aromatic carbocycles. The van der Waals surface area contributed by atoms with Crippen LogP contribution in [0.3, 0.4) is 0 Å². The van der Waals surface area contributed by atoms with Gasteiger partial charge in [-0.25, -0.2) is 9.59 Å². The van der Waals surface area contributed by atoms with Crippen molar-refractivity contribution in [1.29, 1.82) is 0 Å². The highest BCUT2D eigenvalue weighted by molar-refractivity contribution is 5.70. The lowest BCUT2D eigenvalue weighted by Crippen LogP contribution is -2.37. The molecule has 0 aliphatic rings. The summed E-state index contributed by atoms with van der Waals surface area (Å²) in [6.45, 7) is -0.998. The van der Waals surface area contributed by atoms with Crippen LogP contribution in [-0.4, -0.2) is 28.7 Å². The molecule has 12 nitrogen and oxygen atoms in total. The summed E-state index contributed by atoms with van der Waals surface area (Å²) in [6, 6.07) is 11.6. The first kappa shape index (κ1) is 21.1. The lowest BCUT2D eigenvalue weighted by Gasteiger charge is -2.09. The summed E-state index contributed by atoms with van der Waals surface area (Å²) in [7, 11) is 0. The molecule has 0 aromatic heterocycles. The van der Waals surface area contributed by atoms with Crippen molar-refractivity contribution in [2.24, 2.45) is 0 Å². The zero-order valence-corrected chi connectivity index (χ0v) is 14.9. The first-order chi connectivity index (χ1) is 13.9. The first-order valence-electron chi connectivity index (χ1n) is 8.14.